The van der Waals surface area contributed by atoms with Crippen molar-refractivity contribution in [3.8, 4) is 0 Å². The Hall–Kier alpha value is -0.120. The lowest BCUT2D eigenvalue weighted by Crippen LogP contribution is -2.50. The molecule has 0 aromatic carbocycles. The van der Waals surface area contributed by atoms with Crippen LogP contribution in [0.1, 0.15) is 46.5 Å². The van der Waals surface area contributed by atoms with E-state index in [1.54, 1.807) is 0 Å². The second-order valence-electron chi connectivity index (χ2n) is 7.00. The Kier molecular flexibility index (Phi) is 5.67. The minimum atomic E-state index is 0.698. The van der Waals surface area contributed by atoms with Gasteiger partial charge in [-0.25, -0.2) is 0 Å². The number of hydrogen-bond acceptors (Lipinski definition) is 3. The molecule has 112 valence electrons. The summed E-state index contributed by atoms with van der Waals surface area (Å²) in [7, 11) is 2.25. The Morgan fingerprint density at radius 2 is 1.47 bits per heavy atom. The molecule has 2 saturated heterocycles. The molecule has 2 aliphatic rings. The molecule has 1 N–H and O–H groups in total. The topological polar surface area (TPSA) is 18.5 Å². The molecule has 2 rings (SSSR count). The summed E-state index contributed by atoms with van der Waals surface area (Å²) in [4.78, 5) is 5.07. The minimum Gasteiger partial charge on any atom is -0.311 e. The van der Waals surface area contributed by atoms with Crippen LogP contribution < -0.4 is 5.32 Å². The van der Waals surface area contributed by atoms with Crippen molar-refractivity contribution in [3.63, 3.8) is 0 Å². The highest BCUT2D eigenvalue weighted by atomic mass is 15.2. The van der Waals surface area contributed by atoms with E-state index in [0.717, 1.165) is 12.0 Å². The van der Waals surface area contributed by atoms with Crippen LogP contribution in [0.25, 0.3) is 0 Å². The van der Waals surface area contributed by atoms with Gasteiger partial charge in [0.2, 0.25) is 0 Å². The molecule has 3 nitrogen and oxygen atoms in total. The van der Waals surface area contributed by atoms with Crippen molar-refractivity contribution in [1.82, 2.24) is 15.1 Å². The summed E-state index contributed by atoms with van der Waals surface area (Å²) in [5.41, 5.74) is 0. The first-order valence-electron chi connectivity index (χ1n) is 8.25. The summed E-state index contributed by atoms with van der Waals surface area (Å²) in [6, 6.07) is 2.17. The Labute approximate surface area is 119 Å². The van der Waals surface area contributed by atoms with E-state index in [9.17, 15) is 0 Å². The smallest absolute Gasteiger partial charge is 0.00940 e. The van der Waals surface area contributed by atoms with Crippen LogP contribution in [0, 0.1) is 5.92 Å². The molecule has 0 aromatic rings. The molecule has 0 saturated carbocycles. The quantitative estimate of drug-likeness (QED) is 0.842. The van der Waals surface area contributed by atoms with Crippen molar-refractivity contribution >= 4 is 0 Å². The van der Waals surface area contributed by atoms with Gasteiger partial charge in [0.25, 0.3) is 0 Å². The Bertz CT molecular complexity index is 251. The third-order valence-corrected chi connectivity index (χ3v) is 5.23. The van der Waals surface area contributed by atoms with Crippen molar-refractivity contribution in [1.29, 1.82) is 0 Å². The van der Waals surface area contributed by atoms with E-state index in [1.165, 1.54) is 51.9 Å². The summed E-state index contributed by atoms with van der Waals surface area (Å²) < 4.78 is 0. The van der Waals surface area contributed by atoms with E-state index in [0.29, 0.717) is 12.1 Å². The van der Waals surface area contributed by atoms with Gasteiger partial charge in [-0.3, -0.25) is 0 Å². The van der Waals surface area contributed by atoms with Gasteiger partial charge in [-0.05, 0) is 85.6 Å². The average Bonchev–Trinajstić information content (AvgIpc) is 2.40. The average molecular weight is 267 g/mol. The molecular formula is C16H33N3. The first kappa shape index (κ1) is 15.3. The first-order valence-corrected chi connectivity index (χ1v) is 8.25. The maximum absolute atomic E-state index is 3.92. The van der Waals surface area contributed by atoms with Crippen LogP contribution in [0.2, 0.25) is 0 Å². The third-order valence-electron chi connectivity index (χ3n) is 5.23. The van der Waals surface area contributed by atoms with E-state index >= 15 is 0 Å². The Balaban J connectivity index is 1.70. The molecule has 0 aliphatic carbocycles. The fourth-order valence-electron chi connectivity index (χ4n) is 3.62. The molecule has 2 heterocycles. The summed E-state index contributed by atoms with van der Waals surface area (Å²) in [5.74, 6) is 0.888. The molecule has 0 spiro atoms. The first-order chi connectivity index (χ1) is 9.06. The van der Waals surface area contributed by atoms with Gasteiger partial charge in [-0.15, -0.1) is 0 Å². The van der Waals surface area contributed by atoms with Crippen LogP contribution in [0.4, 0.5) is 0 Å². The lowest BCUT2D eigenvalue weighted by atomic mass is 9.89. The number of piperidine rings is 2. The SMILES string of the molecule is CC(NC1CCN(C(C)C)CC1)C1CCN(C)CC1. The van der Waals surface area contributed by atoms with Crippen LogP contribution in [-0.2, 0) is 0 Å². The molecular weight excluding hydrogens is 234 g/mol. The molecule has 0 amide bonds. The van der Waals surface area contributed by atoms with Gasteiger partial charge >= 0.3 is 0 Å². The fraction of sp³-hybridized carbons (Fsp3) is 1.00. The number of rotatable bonds is 4. The van der Waals surface area contributed by atoms with Gasteiger partial charge in [-0.1, -0.05) is 0 Å². The summed E-state index contributed by atoms with van der Waals surface area (Å²) in [6.07, 6.45) is 5.40. The lowest BCUT2D eigenvalue weighted by Gasteiger charge is -2.39. The molecule has 2 aliphatic heterocycles. The van der Waals surface area contributed by atoms with Gasteiger partial charge in [-0.2, -0.15) is 0 Å². The normalized spacial score (nSPS) is 27.0. The highest BCUT2D eigenvalue weighted by Crippen LogP contribution is 2.21. The van der Waals surface area contributed by atoms with Crippen LogP contribution in [0.5, 0.6) is 0 Å². The van der Waals surface area contributed by atoms with E-state index in [1.807, 2.05) is 0 Å². The molecule has 19 heavy (non-hydrogen) atoms. The number of likely N-dealkylation sites (tertiary alicyclic amines) is 2. The van der Waals surface area contributed by atoms with Crippen molar-refractivity contribution < 1.29 is 0 Å². The van der Waals surface area contributed by atoms with Crippen molar-refractivity contribution in [2.45, 2.75) is 64.6 Å². The third kappa shape index (κ3) is 4.44. The molecule has 1 unspecified atom stereocenters. The van der Waals surface area contributed by atoms with Gasteiger partial charge in [0.05, 0.1) is 0 Å². The van der Waals surface area contributed by atoms with E-state index in [-0.39, 0.29) is 0 Å². The molecule has 2 fully saturated rings. The minimum absolute atomic E-state index is 0.698. The maximum atomic E-state index is 3.92. The lowest BCUT2D eigenvalue weighted by molar-refractivity contribution is 0.139. The second-order valence-corrected chi connectivity index (χ2v) is 7.00. The van der Waals surface area contributed by atoms with Crippen molar-refractivity contribution in [2.24, 2.45) is 5.92 Å². The van der Waals surface area contributed by atoms with Gasteiger partial charge in [0.1, 0.15) is 0 Å². The summed E-state index contributed by atoms with van der Waals surface area (Å²) in [5, 5.41) is 3.92. The molecule has 0 aromatic heterocycles. The Morgan fingerprint density at radius 1 is 0.895 bits per heavy atom. The van der Waals surface area contributed by atoms with Gasteiger partial charge in [0, 0.05) is 18.1 Å². The zero-order valence-electron chi connectivity index (χ0n) is 13.4. The fourth-order valence-corrected chi connectivity index (χ4v) is 3.62. The molecule has 0 bridgehead atoms. The summed E-state index contributed by atoms with van der Waals surface area (Å²) in [6.45, 7) is 12.1. The second kappa shape index (κ2) is 7.05. The molecule has 3 heteroatoms. The van der Waals surface area contributed by atoms with Crippen molar-refractivity contribution in [2.75, 3.05) is 33.2 Å². The summed E-state index contributed by atoms with van der Waals surface area (Å²) >= 11 is 0. The standard InChI is InChI=1S/C16H33N3/c1-13(2)19-11-7-16(8-12-19)17-14(3)15-5-9-18(4)10-6-15/h13-17H,5-12H2,1-4H3. The van der Waals surface area contributed by atoms with Crippen molar-refractivity contribution in [3.05, 3.63) is 0 Å². The zero-order valence-corrected chi connectivity index (χ0v) is 13.4. The van der Waals surface area contributed by atoms with E-state index in [2.05, 4.69) is 42.9 Å². The monoisotopic (exact) mass is 267 g/mol. The maximum Gasteiger partial charge on any atom is 0.00940 e. The highest BCUT2D eigenvalue weighted by Gasteiger charge is 2.26. The van der Waals surface area contributed by atoms with Crippen LogP contribution in [-0.4, -0.2) is 61.2 Å². The van der Waals surface area contributed by atoms with Crippen LogP contribution in [0.15, 0.2) is 0 Å². The highest BCUT2D eigenvalue weighted by molar-refractivity contribution is 4.84. The van der Waals surface area contributed by atoms with Crippen LogP contribution in [0.3, 0.4) is 0 Å². The van der Waals surface area contributed by atoms with E-state index in [4.69, 9.17) is 0 Å². The van der Waals surface area contributed by atoms with Gasteiger partial charge in [0.15, 0.2) is 0 Å². The zero-order chi connectivity index (χ0) is 13.8. The predicted molar refractivity (Wildman–Crippen MR) is 82.5 cm³/mol. The largest absolute Gasteiger partial charge is 0.311 e. The Morgan fingerprint density at radius 3 is 2.00 bits per heavy atom. The number of nitrogens with one attached hydrogen (secondary N) is 1. The van der Waals surface area contributed by atoms with Gasteiger partial charge < -0.3 is 15.1 Å². The van der Waals surface area contributed by atoms with E-state index < -0.39 is 0 Å². The molecule has 0 radical (unpaired) electrons. The number of nitrogens with zero attached hydrogens (tertiary/aromatic N) is 2. The molecule has 1 atom stereocenters. The predicted octanol–water partition coefficient (Wildman–Crippen LogP) is 2.18. The number of hydrogen-bond donors (Lipinski definition) is 1. The van der Waals surface area contributed by atoms with Crippen LogP contribution >= 0.6 is 0 Å².